The topological polar surface area (TPSA) is 108 Å². The van der Waals surface area contributed by atoms with Crippen LogP contribution in [0.1, 0.15) is 16.8 Å². The van der Waals surface area contributed by atoms with E-state index in [9.17, 15) is 27.9 Å². The summed E-state index contributed by atoms with van der Waals surface area (Å²) in [7, 11) is 0. The molecule has 0 saturated carbocycles. The minimum absolute atomic E-state index is 0.167. The zero-order valence-electron chi connectivity index (χ0n) is 15.7. The average Bonchev–Trinajstić information content (AvgIpc) is 3.07. The smallest absolute Gasteiger partial charge is 0.431 e. The number of amides is 1. The van der Waals surface area contributed by atoms with Gasteiger partial charge in [0, 0.05) is 17.3 Å². The number of nitrogens with two attached hydrogens (primary N) is 1. The van der Waals surface area contributed by atoms with Crippen molar-refractivity contribution in [3.63, 3.8) is 0 Å². The molecule has 1 aromatic heterocycles. The third-order valence-corrected chi connectivity index (χ3v) is 4.76. The summed E-state index contributed by atoms with van der Waals surface area (Å²) in [6.45, 7) is 0. The van der Waals surface area contributed by atoms with Gasteiger partial charge in [-0.15, -0.1) is 0 Å². The van der Waals surface area contributed by atoms with E-state index in [2.05, 4.69) is 10.3 Å². The highest BCUT2D eigenvalue weighted by Gasteiger charge is 2.38. The molecule has 0 aliphatic heterocycles. The van der Waals surface area contributed by atoms with Crippen molar-refractivity contribution < 1.29 is 27.9 Å². The number of carbonyl (C=O) groups is 2. The summed E-state index contributed by atoms with van der Waals surface area (Å²) < 4.78 is 40.5. The molecule has 0 spiro atoms. The molecule has 0 unspecified atom stereocenters. The third kappa shape index (κ3) is 4.80. The summed E-state index contributed by atoms with van der Waals surface area (Å²) in [5.74, 6) is -2.20. The fraction of sp³-hybridized carbons (Fsp3) is 0.238. The van der Waals surface area contributed by atoms with E-state index >= 15 is 0 Å². The molecule has 0 fully saturated rings. The zero-order valence-corrected chi connectivity index (χ0v) is 15.7. The Morgan fingerprint density at radius 1 is 1.03 bits per heavy atom. The number of nitrogens with one attached hydrogen (secondary N) is 2. The van der Waals surface area contributed by atoms with Crippen LogP contribution >= 0.6 is 0 Å². The van der Waals surface area contributed by atoms with Gasteiger partial charge in [0.2, 0.25) is 5.91 Å². The maximum atomic E-state index is 13.5. The van der Waals surface area contributed by atoms with E-state index in [1.54, 1.807) is 42.5 Å². The van der Waals surface area contributed by atoms with Gasteiger partial charge in [0.25, 0.3) is 0 Å². The fourth-order valence-electron chi connectivity index (χ4n) is 3.30. The third-order valence-electron chi connectivity index (χ3n) is 4.76. The Balaban J connectivity index is 1.83. The van der Waals surface area contributed by atoms with Gasteiger partial charge in [-0.2, -0.15) is 13.2 Å². The lowest BCUT2D eigenvalue weighted by molar-refractivity contribution is -0.144. The summed E-state index contributed by atoms with van der Waals surface area (Å²) in [4.78, 5) is 26.4. The number of benzene rings is 2. The molecule has 0 aliphatic rings. The Bertz CT molecular complexity index is 1050. The van der Waals surface area contributed by atoms with Crippen LogP contribution in [0.2, 0.25) is 0 Å². The van der Waals surface area contributed by atoms with Gasteiger partial charge in [-0.05, 0) is 23.6 Å². The van der Waals surface area contributed by atoms with Gasteiger partial charge in [-0.25, -0.2) is 4.79 Å². The number of hydrogen-bond acceptors (Lipinski definition) is 3. The maximum absolute atomic E-state index is 13.5. The zero-order chi connectivity index (χ0) is 21.9. The number of fused-ring (bicyclic) bond motifs is 1. The fourth-order valence-corrected chi connectivity index (χ4v) is 3.30. The Morgan fingerprint density at radius 3 is 2.30 bits per heavy atom. The van der Waals surface area contributed by atoms with Crippen molar-refractivity contribution in [3.8, 4) is 0 Å². The van der Waals surface area contributed by atoms with Crippen molar-refractivity contribution in [1.82, 2.24) is 10.3 Å². The number of aromatic amines is 1. The van der Waals surface area contributed by atoms with E-state index in [0.29, 0.717) is 0 Å². The highest BCUT2D eigenvalue weighted by Crippen LogP contribution is 2.36. The molecular formula is C21H20F3N3O3. The maximum Gasteiger partial charge on any atom is 0.431 e. The lowest BCUT2D eigenvalue weighted by Crippen LogP contribution is -2.50. The lowest BCUT2D eigenvalue weighted by atomic mass is 10.0. The molecule has 3 rings (SSSR count). The second kappa shape index (κ2) is 8.58. The van der Waals surface area contributed by atoms with Gasteiger partial charge in [0.05, 0.1) is 6.04 Å². The minimum Gasteiger partial charge on any atom is -0.480 e. The molecule has 2 aromatic carbocycles. The van der Waals surface area contributed by atoms with Crippen LogP contribution in [0.15, 0.2) is 54.6 Å². The highest BCUT2D eigenvalue weighted by atomic mass is 19.4. The minimum atomic E-state index is -4.70. The SMILES string of the molecule is N[C@@H](Cc1ccccc1)C(=O)N[C@@H](Cc1c(C(F)(F)F)[nH]c2ccccc12)C(=O)O. The molecule has 1 amide bonds. The molecule has 3 aromatic rings. The number of carboxylic acids is 1. The van der Waals surface area contributed by atoms with Crippen LogP contribution in [-0.4, -0.2) is 34.1 Å². The number of hydrogen-bond donors (Lipinski definition) is 4. The standard InChI is InChI=1S/C21H20F3N3O3/c22-21(23,24)18-14(13-8-4-5-9-16(13)26-18)11-17(20(29)30)27-19(28)15(25)10-12-6-2-1-3-7-12/h1-9,15,17,26H,10-11,25H2,(H,27,28)(H,29,30)/t15-,17-/m0/s1. The second-order valence-corrected chi connectivity index (χ2v) is 6.92. The molecule has 30 heavy (non-hydrogen) atoms. The molecule has 0 saturated heterocycles. The summed E-state index contributed by atoms with van der Waals surface area (Å²) >= 11 is 0. The Labute approximate surface area is 169 Å². The number of halogens is 3. The summed E-state index contributed by atoms with van der Waals surface area (Å²) in [6, 6.07) is 12.3. The van der Waals surface area contributed by atoms with Crippen molar-refractivity contribution in [3.05, 3.63) is 71.4 Å². The second-order valence-electron chi connectivity index (χ2n) is 6.92. The van der Waals surface area contributed by atoms with Crippen molar-refractivity contribution in [2.24, 2.45) is 5.73 Å². The van der Waals surface area contributed by atoms with E-state index in [4.69, 9.17) is 5.73 Å². The molecule has 0 aliphatic carbocycles. The molecule has 158 valence electrons. The molecule has 9 heteroatoms. The van der Waals surface area contributed by atoms with Crippen molar-refractivity contribution >= 4 is 22.8 Å². The number of carbonyl (C=O) groups excluding carboxylic acids is 1. The molecular weight excluding hydrogens is 399 g/mol. The molecule has 0 bridgehead atoms. The van der Waals surface area contributed by atoms with Crippen LogP contribution in [0, 0.1) is 0 Å². The van der Waals surface area contributed by atoms with Crippen LogP contribution in [0.25, 0.3) is 10.9 Å². The predicted octanol–water partition coefficient (Wildman–Crippen LogP) is 2.87. The first-order valence-electron chi connectivity index (χ1n) is 9.16. The summed E-state index contributed by atoms with van der Waals surface area (Å²) in [6.07, 6.45) is -5.08. The molecule has 1 heterocycles. The molecule has 5 N–H and O–H groups in total. The van der Waals surface area contributed by atoms with E-state index < -0.39 is 42.3 Å². The lowest BCUT2D eigenvalue weighted by Gasteiger charge is -2.19. The van der Waals surface area contributed by atoms with Gasteiger partial charge in [0.1, 0.15) is 11.7 Å². The molecule has 6 nitrogen and oxygen atoms in total. The summed E-state index contributed by atoms with van der Waals surface area (Å²) in [5.41, 5.74) is 5.63. The Morgan fingerprint density at radius 2 is 1.67 bits per heavy atom. The van der Waals surface area contributed by atoms with Gasteiger partial charge in [-0.3, -0.25) is 4.79 Å². The van der Waals surface area contributed by atoms with E-state index in [1.165, 1.54) is 12.1 Å². The van der Waals surface area contributed by atoms with Crippen LogP contribution in [0.3, 0.4) is 0 Å². The van der Waals surface area contributed by atoms with Crippen LogP contribution < -0.4 is 11.1 Å². The van der Waals surface area contributed by atoms with E-state index in [0.717, 1.165) is 5.56 Å². The number of carboxylic acid groups (broad SMARTS) is 1. The molecule has 0 radical (unpaired) electrons. The van der Waals surface area contributed by atoms with Crippen LogP contribution in [0.4, 0.5) is 13.2 Å². The highest BCUT2D eigenvalue weighted by molar-refractivity contribution is 5.89. The van der Waals surface area contributed by atoms with Crippen LogP contribution in [0.5, 0.6) is 0 Å². The van der Waals surface area contributed by atoms with Gasteiger partial charge < -0.3 is 21.1 Å². The largest absolute Gasteiger partial charge is 0.480 e. The first kappa shape index (κ1) is 21.4. The van der Waals surface area contributed by atoms with Gasteiger partial charge in [-0.1, -0.05) is 48.5 Å². The average molecular weight is 419 g/mol. The number of aliphatic carboxylic acids is 1. The number of alkyl halides is 3. The van der Waals surface area contributed by atoms with Crippen LogP contribution in [-0.2, 0) is 28.6 Å². The Kier molecular flexibility index (Phi) is 6.12. The van der Waals surface area contributed by atoms with Gasteiger partial charge in [0.15, 0.2) is 0 Å². The normalized spacial score (nSPS) is 13.7. The Hall–Kier alpha value is -3.33. The van der Waals surface area contributed by atoms with E-state index in [1.807, 2.05) is 0 Å². The first-order chi connectivity index (χ1) is 14.2. The molecule has 2 atom stereocenters. The number of aromatic nitrogens is 1. The number of para-hydroxylation sites is 1. The summed E-state index contributed by atoms with van der Waals surface area (Å²) in [5, 5.41) is 12.0. The van der Waals surface area contributed by atoms with Crippen molar-refractivity contribution in [2.45, 2.75) is 31.1 Å². The van der Waals surface area contributed by atoms with Crippen molar-refractivity contribution in [2.75, 3.05) is 0 Å². The number of rotatable bonds is 7. The first-order valence-corrected chi connectivity index (χ1v) is 9.16. The predicted molar refractivity (Wildman–Crippen MR) is 105 cm³/mol. The van der Waals surface area contributed by atoms with Gasteiger partial charge >= 0.3 is 12.1 Å². The monoisotopic (exact) mass is 419 g/mol. The number of H-pyrrole nitrogens is 1. The quantitative estimate of drug-likeness (QED) is 0.472. The van der Waals surface area contributed by atoms with E-state index in [-0.39, 0.29) is 22.9 Å². The van der Waals surface area contributed by atoms with Crippen molar-refractivity contribution in [1.29, 1.82) is 0 Å².